The third-order valence-corrected chi connectivity index (χ3v) is 6.61. The number of amides is 1. The first-order valence-electron chi connectivity index (χ1n) is 11.8. The lowest BCUT2D eigenvalue weighted by Gasteiger charge is -2.27. The Morgan fingerprint density at radius 2 is 1.74 bits per heavy atom. The van der Waals surface area contributed by atoms with Crippen molar-refractivity contribution in [1.82, 2.24) is 9.80 Å². The van der Waals surface area contributed by atoms with Crippen LogP contribution in [0.25, 0.3) is 11.0 Å². The van der Waals surface area contributed by atoms with Gasteiger partial charge < -0.3 is 23.7 Å². The zero-order chi connectivity index (χ0) is 24.4. The molecule has 0 aliphatic carbocycles. The Hall–Kier alpha value is -3.32. The maximum absolute atomic E-state index is 13.7. The Morgan fingerprint density at radius 1 is 1.00 bits per heavy atom. The average molecular weight is 465 g/mol. The molecule has 0 saturated carbocycles. The van der Waals surface area contributed by atoms with Crippen molar-refractivity contribution in [2.45, 2.75) is 33.2 Å². The molecule has 0 unspecified atom stereocenters. The molecule has 0 saturated heterocycles. The number of carbonyl (C=O) groups is 1. The van der Waals surface area contributed by atoms with E-state index >= 15 is 0 Å². The number of hydrogen-bond acceptors (Lipinski definition) is 6. The summed E-state index contributed by atoms with van der Waals surface area (Å²) in [6, 6.07) is 10.4. The molecule has 0 radical (unpaired) electrons. The molecule has 0 N–H and O–H groups in total. The van der Waals surface area contributed by atoms with E-state index in [1.54, 1.807) is 31.3 Å². The van der Waals surface area contributed by atoms with Gasteiger partial charge in [0.2, 0.25) is 5.76 Å². The van der Waals surface area contributed by atoms with E-state index in [1.165, 1.54) is 0 Å². The smallest absolute Gasteiger partial charge is 0.290 e. The van der Waals surface area contributed by atoms with Gasteiger partial charge in [0.1, 0.15) is 5.58 Å². The quantitative estimate of drug-likeness (QED) is 0.468. The summed E-state index contributed by atoms with van der Waals surface area (Å²) in [5.41, 5.74) is 2.39. The van der Waals surface area contributed by atoms with Gasteiger partial charge in [-0.25, -0.2) is 0 Å². The monoisotopic (exact) mass is 464 g/mol. The summed E-state index contributed by atoms with van der Waals surface area (Å²) < 4.78 is 16.9. The van der Waals surface area contributed by atoms with E-state index in [4.69, 9.17) is 13.9 Å². The summed E-state index contributed by atoms with van der Waals surface area (Å²) in [6.45, 7) is 9.47. The first-order chi connectivity index (χ1) is 16.4. The molecule has 1 atom stereocenters. The van der Waals surface area contributed by atoms with Crippen LogP contribution in [-0.2, 0) is 0 Å². The SMILES string of the molecule is CCN(CC)CCCN1C(=O)c2oc3ccc(C)cc3c(=O)c2[C@H]1c1ccc(OC)c(OC)c1. The summed E-state index contributed by atoms with van der Waals surface area (Å²) in [4.78, 5) is 31.3. The number of fused-ring (bicyclic) bond motifs is 2. The van der Waals surface area contributed by atoms with E-state index in [2.05, 4.69) is 18.7 Å². The topological polar surface area (TPSA) is 72.2 Å². The van der Waals surface area contributed by atoms with Crippen molar-refractivity contribution >= 4 is 16.9 Å². The van der Waals surface area contributed by atoms with Crippen molar-refractivity contribution in [3.63, 3.8) is 0 Å². The van der Waals surface area contributed by atoms with Gasteiger partial charge >= 0.3 is 0 Å². The molecule has 1 aromatic heterocycles. The van der Waals surface area contributed by atoms with E-state index in [1.807, 2.05) is 31.2 Å². The normalized spacial score (nSPS) is 15.3. The second kappa shape index (κ2) is 9.89. The minimum Gasteiger partial charge on any atom is -0.493 e. The Bertz CT molecular complexity index is 1260. The van der Waals surface area contributed by atoms with E-state index in [0.29, 0.717) is 34.6 Å². The molecular weight excluding hydrogens is 432 g/mol. The van der Waals surface area contributed by atoms with Gasteiger partial charge in [0.05, 0.1) is 31.2 Å². The Labute approximate surface area is 199 Å². The van der Waals surface area contributed by atoms with Crippen molar-refractivity contribution in [1.29, 1.82) is 0 Å². The molecule has 1 amide bonds. The number of nitrogens with zero attached hydrogens (tertiary/aromatic N) is 2. The summed E-state index contributed by atoms with van der Waals surface area (Å²) in [7, 11) is 3.15. The van der Waals surface area contributed by atoms with Gasteiger partial charge in [-0.2, -0.15) is 0 Å². The second-order valence-corrected chi connectivity index (χ2v) is 8.57. The highest BCUT2D eigenvalue weighted by Gasteiger charge is 2.42. The lowest BCUT2D eigenvalue weighted by atomic mass is 9.97. The minimum atomic E-state index is -0.555. The van der Waals surface area contributed by atoms with Crippen LogP contribution in [0.15, 0.2) is 45.6 Å². The molecule has 0 spiro atoms. The molecule has 7 heteroatoms. The van der Waals surface area contributed by atoms with Crippen LogP contribution in [0, 0.1) is 6.92 Å². The fourth-order valence-electron chi connectivity index (χ4n) is 4.74. The molecule has 3 aromatic rings. The Balaban J connectivity index is 1.84. The molecule has 2 heterocycles. The third-order valence-electron chi connectivity index (χ3n) is 6.61. The molecule has 2 aromatic carbocycles. The maximum atomic E-state index is 13.7. The molecule has 180 valence electrons. The Kier molecular flexibility index (Phi) is 6.93. The zero-order valence-electron chi connectivity index (χ0n) is 20.5. The van der Waals surface area contributed by atoms with Gasteiger partial charge in [0, 0.05) is 6.54 Å². The number of aryl methyl sites for hydroxylation is 1. The first-order valence-corrected chi connectivity index (χ1v) is 11.8. The van der Waals surface area contributed by atoms with Crippen LogP contribution in [0.5, 0.6) is 11.5 Å². The highest BCUT2D eigenvalue weighted by Crippen LogP contribution is 2.41. The molecule has 34 heavy (non-hydrogen) atoms. The fraction of sp³-hybridized carbons (Fsp3) is 0.407. The van der Waals surface area contributed by atoms with Crippen molar-refractivity contribution in [3.8, 4) is 11.5 Å². The van der Waals surface area contributed by atoms with E-state index in [-0.39, 0.29) is 17.1 Å². The van der Waals surface area contributed by atoms with Gasteiger partial charge in [-0.15, -0.1) is 0 Å². The highest BCUT2D eigenvalue weighted by atomic mass is 16.5. The van der Waals surface area contributed by atoms with E-state index < -0.39 is 6.04 Å². The third kappa shape index (κ3) is 4.16. The average Bonchev–Trinajstić information content (AvgIpc) is 3.13. The van der Waals surface area contributed by atoms with Crippen molar-refractivity contribution in [2.24, 2.45) is 0 Å². The highest BCUT2D eigenvalue weighted by molar-refractivity contribution is 5.99. The molecule has 0 fully saturated rings. The predicted molar refractivity (Wildman–Crippen MR) is 132 cm³/mol. The first kappa shape index (κ1) is 23.8. The minimum absolute atomic E-state index is 0.129. The Morgan fingerprint density at radius 3 is 2.41 bits per heavy atom. The number of rotatable bonds is 9. The van der Waals surface area contributed by atoms with Gasteiger partial charge in [-0.05, 0) is 62.8 Å². The molecular formula is C27H32N2O5. The standard InChI is InChI=1S/C27H32N2O5/c1-6-28(7-2)13-8-14-29-24(18-10-12-21(32-4)22(16-18)33-5)23-25(30)19-15-17(3)9-11-20(19)34-26(23)27(29)31/h9-12,15-16,24H,6-8,13-14H2,1-5H3/t24-/m1/s1. The lowest BCUT2D eigenvalue weighted by Crippen LogP contribution is -2.33. The fourth-order valence-corrected chi connectivity index (χ4v) is 4.74. The van der Waals surface area contributed by atoms with Crippen molar-refractivity contribution in [3.05, 3.63) is 69.1 Å². The number of ether oxygens (including phenoxy) is 2. The van der Waals surface area contributed by atoms with Crippen LogP contribution in [0.1, 0.15) is 53.6 Å². The van der Waals surface area contributed by atoms with Crippen LogP contribution in [-0.4, -0.2) is 56.1 Å². The maximum Gasteiger partial charge on any atom is 0.290 e. The van der Waals surface area contributed by atoms with Gasteiger partial charge in [-0.1, -0.05) is 31.5 Å². The van der Waals surface area contributed by atoms with Crippen LogP contribution in [0.4, 0.5) is 0 Å². The molecule has 0 bridgehead atoms. The van der Waals surface area contributed by atoms with Crippen molar-refractivity contribution in [2.75, 3.05) is 40.4 Å². The van der Waals surface area contributed by atoms with Crippen LogP contribution >= 0.6 is 0 Å². The molecule has 7 nitrogen and oxygen atoms in total. The zero-order valence-corrected chi connectivity index (χ0v) is 20.5. The summed E-state index contributed by atoms with van der Waals surface area (Å²) in [5.74, 6) is 1.01. The summed E-state index contributed by atoms with van der Waals surface area (Å²) in [5, 5.41) is 0.488. The number of benzene rings is 2. The van der Waals surface area contributed by atoms with E-state index in [0.717, 1.165) is 37.2 Å². The number of hydrogen-bond donors (Lipinski definition) is 0. The predicted octanol–water partition coefficient (Wildman–Crippen LogP) is 4.40. The van der Waals surface area contributed by atoms with Crippen LogP contribution < -0.4 is 14.9 Å². The van der Waals surface area contributed by atoms with Crippen LogP contribution in [0.2, 0.25) is 0 Å². The van der Waals surface area contributed by atoms with Crippen molar-refractivity contribution < 1.29 is 18.7 Å². The summed E-state index contributed by atoms with van der Waals surface area (Å²) in [6.07, 6.45) is 0.790. The second-order valence-electron chi connectivity index (χ2n) is 8.57. The van der Waals surface area contributed by atoms with Gasteiger partial charge in [0.25, 0.3) is 5.91 Å². The van der Waals surface area contributed by atoms with E-state index in [9.17, 15) is 9.59 Å². The summed E-state index contributed by atoms with van der Waals surface area (Å²) >= 11 is 0. The van der Waals surface area contributed by atoms with Crippen LogP contribution in [0.3, 0.4) is 0 Å². The number of methoxy groups -OCH3 is 2. The molecule has 1 aliphatic rings. The largest absolute Gasteiger partial charge is 0.493 e. The number of carbonyl (C=O) groups excluding carboxylic acids is 1. The lowest BCUT2D eigenvalue weighted by molar-refractivity contribution is 0.0720. The molecule has 1 aliphatic heterocycles. The van der Waals surface area contributed by atoms with Gasteiger partial charge in [-0.3, -0.25) is 9.59 Å². The van der Waals surface area contributed by atoms with Gasteiger partial charge in [0.15, 0.2) is 16.9 Å². The molecule has 4 rings (SSSR count).